The number of anilines is 1. The summed E-state index contributed by atoms with van der Waals surface area (Å²) < 4.78 is 21.2. The Bertz CT molecular complexity index is 1210. The molecule has 3 aromatic rings. The van der Waals surface area contributed by atoms with Gasteiger partial charge in [0, 0.05) is 29.0 Å². The molecule has 0 amide bonds. The Labute approximate surface area is 189 Å². The van der Waals surface area contributed by atoms with E-state index in [-0.39, 0.29) is 11.6 Å². The van der Waals surface area contributed by atoms with Crippen molar-refractivity contribution in [2.75, 3.05) is 11.9 Å². The van der Waals surface area contributed by atoms with Crippen LogP contribution in [0.3, 0.4) is 0 Å². The van der Waals surface area contributed by atoms with Crippen molar-refractivity contribution in [3.63, 3.8) is 0 Å². The molecule has 1 aliphatic carbocycles. The lowest BCUT2D eigenvalue weighted by molar-refractivity contribution is -0.116. The lowest BCUT2D eigenvalue weighted by Gasteiger charge is -2.32. The minimum absolute atomic E-state index is 0.130. The zero-order valence-electron chi connectivity index (χ0n) is 17.7. The molecular formula is C24H23FN4O2S. The topological polar surface area (TPSA) is 69.0 Å². The van der Waals surface area contributed by atoms with Crippen LogP contribution in [0, 0.1) is 5.82 Å². The van der Waals surface area contributed by atoms with Gasteiger partial charge in [-0.3, -0.25) is 4.79 Å². The highest BCUT2D eigenvalue weighted by Gasteiger charge is 2.38. The number of ether oxygens (including phenoxy) is 1. The number of fused-ring (bicyclic) bond motifs is 1. The Morgan fingerprint density at radius 1 is 1.22 bits per heavy atom. The van der Waals surface area contributed by atoms with Crippen molar-refractivity contribution in [2.45, 2.75) is 43.1 Å². The zero-order chi connectivity index (χ0) is 22.1. The molecule has 1 N–H and O–H groups in total. The number of allylic oxidation sites excluding steroid dienone is 2. The Hall–Kier alpha value is -3.13. The van der Waals surface area contributed by atoms with E-state index in [1.807, 2.05) is 37.3 Å². The molecule has 0 unspecified atom stereocenters. The molecule has 0 saturated carbocycles. The maximum Gasteiger partial charge on any atom is 0.227 e. The number of halogens is 1. The summed E-state index contributed by atoms with van der Waals surface area (Å²) in [5.74, 6) is 1.77. The van der Waals surface area contributed by atoms with Crippen molar-refractivity contribution in [3.05, 3.63) is 76.7 Å². The highest BCUT2D eigenvalue weighted by molar-refractivity contribution is 7.98. The number of nitrogens with zero attached hydrogens (tertiary/aromatic N) is 3. The number of carbonyl (C=O) groups is 1. The number of rotatable bonds is 6. The van der Waals surface area contributed by atoms with Gasteiger partial charge < -0.3 is 10.1 Å². The summed E-state index contributed by atoms with van der Waals surface area (Å²) in [6, 6.07) is 13.9. The van der Waals surface area contributed by atoms with E-state index in [4.69, 9.17) is 9.84 Å². The first kappa shape index (κ1) is 20.8. The van der Waals surface area contributed by atoms with E-state index in [0.717, 1.165) is 41.0 Å². The van der Waals surface area contributed by atoms with Crippen LogP contribution in [0.5, 0.6) is 5.75 Å². The first-order valence-electron chi connectivity index (χ1n) is 10.7. The fraction of sp³-hybridized carbons (Fsp3) is 0.292. The Morgan fingerprint density at radius 3 is 2.94 bits per heavy atom. The van der Waals surface area contributed by atoms with Crippen LogP contribution in [0.4, 0.5) is 10.3 Å². The second-order valence-electron chi connectivity index (χ2n) is 7.75. The Morgan fingerprint density at radius 2 is 2.09 bits per heavy atom. The first-order valence-corrected chi connectivity index (χ1v) is 11.7. The lowest BCUT2D eigenvalue weighted by Crippen LogP contribution is -2.31. The summed E-state index contributed by atoms with van der Waals surface area (Å²) in [5, 5.41) is 8.66. The molecule has 0 spiro atoms. The first-order chi connectivity index (χ1) is 15.6. The molecule has 0 bridgehead atoms. The highest BCUT2D eigenvalue weighted by Crippen LogP contribution is 2.43. The third-order valence-electron chi connectivity index (χ3n) is 5.62. The summed E-state index contributed by atoms with van der Waals surface area (Å²) in [6.45, 7) is 2.47. The van der Waals surface area contributed by atoms with Gasteiger partial charge in [-0.25, -0.2) is 9.07 Å². The minimum atomic E-state index is -0.396. The van der Waals surface area contributed by atoms with Gasteiger partial charge in [-0.2, -0.15) is 4.98 Å². The number of hydrogen-bond donors (Lipinski definition) is 1. The molecule has 164 valence electrons. The fourth-order valence-corrected chi connectivity index (χ4v) is 5.03. The number of hydrogen-bond acceptors (Lipinski definition) is 6. The predicted molar refractivity (Wildman–Crippen MR) is 121 cm³/mol. The average Bonchev–Trinajstić information content (AvgIpc) is 3.20. The monoisotopic (exact) mass is 450 g/mol. The van der Waals surface area contributed by atoms with Crippen molar-refractivity contribution < 1.29 is 13.9 Å². The lowest BCUT2D eigenvalue weighted by atomic mass is 9.85. The molecule has 0 fully saturated rings. The van der Waals surface area contributed by atoms with Crippen LogP contribution in [0.1, 0.15) is 43.4 Å². The van der Waals surface area contributed by atoms with E-state index in [9.17, 15) is 9.18 Å². The second-order valence-corrected chi connectivity index (χ2v) is 8.69. The van der Waals surface area contributed by atoms with Crippen LogP contribution in [-0.2, 0) is 10.5 Å². The van der Waals surface area contributed by atoms with Crippen molar-refractivity contribution in [1.82, 2.24) is 14.8 Å². The zero-order valence-corrected chi connectivity index (χ0v) is 18.5. The quantitative estimate of drug-likeness (QED) is 0.525. The van der Waals surface area contributed by atoms with E-state index >= 15 is 0 Å². The number of benzene rings is 2. The average molecular weight is 451 g/mol. The Kier molecular flexibility index (Phi) is 5.70. The molecule has 32 heavy (non-hydrogen) atoms. The van der Waals surface area contributed by atoms with Gasteiger partial charge in [-0.15, -0.1) is 5.10 Å². The third kappa shape index (κ3) is 3.90. The summed E-state index contributed by atoms with van der Waals surface area (Å²) in [4.78, 5) is 17.7. The van der Waals surface area contributed by atoms with E-state index in [1.165, 1.54) is 23.9 Å². The number of aromatic nitrogens is 3. The molecule has 2 heterocycles. The fourth-order valence-electron chi connectivity index (χ4n) is 4.25. The van der Waals surface area contributed by atoms with Gasteiger partial charge in [0.2, 0.25) is 11.1 Å². The van der Waals surface area contributed by atoms with Crippen molar-refractivity contribution in [3.8, 4) is 5.75 Å². The SMILES string of the molecule is CCOc1ccccc1[C@H]1C2=C(CCCC2=O)Nc2nc(SCc3cccc(F)c3)nn21. The van der Waals surface area contributed by atoms with Crippen molar-refractivity contribution in [1.29, 1.82) is 0 Å². The molecule has 1 atom stereocenters. The van der Waals surface area contributed by atoms with Crippen molar-refractivity contribution in [2.24, 2.45) is 0 Å². The van der Waals surface area contributed by atoms with Gasteiger partial charge in [0.05, 0.1) is 6.61 Å². The molecule has 1 aromatic heterocycles. The maximum atomic E-state index is 13.5. The molecule has 0 saturated heterocycles. The number of Topliss-reactive ketones (excluding diaryl/α,β-unsaturated/α-hetero) is 1. The molecule has 8 heteroatoms. The molecule has 2 aliphatic rings. The van der Waals surface area contributed by atoms with Gasteiger partial charge in [0.25, 0.3) is 0 Å². The third-order valence-corrected chi connectivity index (χ3v) is 6.53. The van der Waals surface area contributed by atoms with Crippen LogP contribution >= 0.6 is 11.8 Å². The number of ketones is 1. The predicted octanol–water partition coefficient (Wildman–Crippen LogP) is 5.13. The highest BCUT2D eigenvalue weighted by atomic mass is 32.2. The summed E-state index contributed by atoms with van der Waals surface area (Å²) in [6.07, 6.45) is 2.14. The number of thioether (sulfide) groups is 1. The van der Waals surface area contributed by atoms with Crippen LogP contribution in [0.25, 0.3) is 0 Å². The molecule has 5 rings (SSSR count). The minimum Gasteiger partial charge on any atom is -0.494 e. The van der Waals surface area contributed by atoms with Gasteiger partial charge in [-0.1, -0.05) is 42.1 Å². The van der Waals surface area contributed by atoms with E-state index in [2.05, 4.69) is 10.3 Å². The number of para-hydroxylation sites is 1. The molecule has 2 aromatic carbocycles. The molecule has 6 nitrogen and oxygen atoms in total. The molecule has 1 aliphatic heterocycles. The van der Waals surface area contributed by atoms with Crippen LogP contribution < -0.4 is 10.1 Å². The molecular weight excluding hydrogens is 427 g/mol. The van der Waals surface area contributed by atoms with Crippen LogP contribution in [0.15, 0.2) is 65.0 Å². The number of carbonyl (C=O) groups excluding carboxylic acids is 1. The van der Waals surface area contributed by atoms with Crippen LogP contribution in [0.2, 0.25) is 0 Å². The largest absolute Gasteiger partial charge is 0.494 e. The van der Waals surface area contributed by atoms with E-state index in [1.54, 1.807) is 10.7 Å². The summed E-state index contributed by atoms with van der Waals surface area (Å²) >= 11 is 1.44. The maximum absolute atomic E-state index is 13.5. The van der Waals surface area contributed by atoms with Gasteiger partial charge in [0.15, 0.2) is 5.78 Å². The normalized spacial score (nSPS) is 17.6. The standard InChI is InChI=1S/C24H23FN4O2S/c1-2-31-20-12-4-3-9-17(20)22-21-18(10-6-11-19(21)30)26-23-27-24(28-29(22)23)32-14-15-7-5-8-16(25)13-15/h3-5,7-9,12-13,22H,2,6,10-11,14H2,1H3,(H,26,27,28)/t22-/m0/s1. The second kappa shape index (κ2) is 8.78. The van der Waals surface area contributed by atoms with Crippen molar-refractivity contribution >= 4 is 23.5 Å². The van der Waals surface area contributed by atoms with Gasteiger partial charge in [0.1, 0.15) is 17.6 Å². The molecule has 0 radical (unpaired) electrons. The van der Waals surface area contributed by atoms with E-state index < -0.39 is 6.04 Å². The summed E-state index contributed by atoms with van der Waals surface area (Å²) in [7, 11) is 0. The smallest absolute Gasteiger partial charge is 0.227 e. The van der Waals surface area contributed by atoms with Crippen LogP contribution in [-0.4, -0.2) is 27.2 Å². The summed E-state index contributed by atoms with van der Waals surface area (Å²) in [5.41, 5.74) is 3.41. The van der Waals surface area contributed by atoms with Gasteiger partial charge in [-0.05, 0) is 43.5 Å². The Balaban J connectivity index is 1.53. The number of nitrogens with one attached hydrogen (secondary N) is 1. The van der Waals surface area contributed by atoms with E-state index in [0.29, 0.717) is 29.9 Å². The van der Waals surface area contributed by atoms with Gasteiger partial charge >= 0.3 is 0 Å².